The summed E-state index contributed by atoms with van der Waals surface area (Å²) in [5, 5.41) is 0. The summed E-state index contributed by atoms with van der Waals surface area (Å²) < 4.78 is 28.6. The van der Waals surface area contributed by atoms with Gasteiger partial charge in [-0.25, -0.2) is 0 Å². The van der Waals surface area contributed by atoms with Crippen molar-refractivity contribution in [2.75, 3.05) is 13.2 Å². The Balaban J connectivity index is 0.00000364. The summed E-state index contributed by atoms with van der Waals surface area (Å²) in [6, 6.07) is 0. The van der Waals surface area contributed by atoms with Crippen molar-refractivity contribution < 1.29 is 52.5 Å². The SMILES string of the molecule is C.C.C.C.C.C.C.C.CC1C(=O)OC(=O)C1C(CC(CC1C(C)C2CC1C1COC(=O)C21)C(=O)OC1CCCCO1)C(=O)OC12CC3CC(C1)C(=O)C(C3)C2. The molecule has 0 spiro atoms. The molecule has 9 aliphatic rings. The van der Waals surface area contributed by atoms with Crippen molar-refractivity contribution in [2.24, 2.45) is 76.9 Å². The fourth-order valence-corrected chi connectivity index (χ4v) is 11.8. The molecule has 0 aromatic rings. The van der Waals surface area contributed by atoms with Gasteiger partial charge >= 0.3 is 29.8 Å². The highest BCUT2D eigenvalue weighted by Gasteiger charge is 2.63. The zero-order valence-electron chi connectivity index (χ0n) is 27.3. The maximum absolute atomic E-state index is 14.4. The van der Waals surface area contributed by atoms with E-state index in [0.717, 1.165) is 32.1 Å². The first-order chi connectivity index (χ1) is 22.5. The van der Waals surface area contributed by atoms with Gasteiger partial charge in [-0.2, -0.15) is 0 Å². The highest BCUT2D eigenvalue weighted by molar-refractivity contribution is 5.98. The zero-order valence-corrected chi connectivity index (χ0v) is 27.3. The molecule has 13 unspecified atom stereocenters. The molecular formula is C44H78O11. The van der Waals surface area contributed by atoms with E-state index in [-0.39, 0.29) is 125 Å². The van der Waals surface area contributed by atoms with Gasteiger partial charge in [0.05, 0.1) is 42.8 Å². The minimum absolute atomic E-state index is 0. The van der Waals surface area contributed by atoms with E-state index in [1.54, 1.807) is 6.92 Å². The van der Waals surface area contributed by atoms with Crippen LogP contribution < -0.4 is 0 Å². The van der Waals surface area contributed by atoms with E-state index >= 15 is 0 Å². The summed E-state index contributed by atoms with van der Waals surface area (Å²) >= 11 is 0. The van der Waals surface area contributed by atoms with Crippen LogP contribution in [0.1, 0.15) is 144 Å². The number of hydrogen-bond acceptors (Lipinski definition) is 11. The average Bonchev–Trinajstić information content (AvgIpc) is 3.75. The zero-order chi connectivity index (χ0) is 32.8. The van der Waals surface area contributed by atoms with Gasteiger partial charge in [-0.1, -0.05) is 73.3 Å². The summed E-state index contributed by atoms with van der Waals surface area (Å²) in [7, 11) is 0. The van der Waals surface area contributed by atoms with E-state index in [9.17, 15) is 28.8 Å². The predicted molar refractivity (Wildman–Crippen MR) is 213 cm³/mol. The van der Waals surface area contributed by atoms with Crippen molar-refractivity contribution in [1.29, 1.82) is 0 Å². The van der Waals surface area contributed by atoms with Crippen LogP contribution in [0.15, 0.2) is 0 Å². The molecule has 0 aromatic heterocycles. The molecule has 320 valence electrons. The lowest BCUT2D eigenvalue weighted by atomic mass is 9.53. The van der Waals surface area contributed by atoms with E-state index in [1.165, 1.54) is 0 Å². The van der Waals surface area contributed by atoms with Gasteiger partial charge < -0.3 is 23.7 Å². The fourth-order valence-electron chi connectivity index (χ4n) is 11.8. The summed E-state index contributed by atoms with van der Waals surface area (Å²) in [5.74, 6) is -5.45. The van der Waals surface area contributed by atoms with Crippen molar-refractivity contribution in [3.8, 4) is 0 Å². The minimum atomic E-state index is -1.10. The molecule has 6 aliphatic carbocycles. The van der Waals surface area contributed by atoms with Crippen molar-refractivity contribution in [3.63, 3.8) is 0 Å². The largest absolute Gasteiger partial charge is 0.465 e. The molecule has 55 heavy (non-hydrogen) atoms. The van der Waals surface area contributed by atoms with E-state index < -0.39 is 59.4 Å². The second-order valence-corrected chi connectivity index (χ2v) is 16.3. The van der Waals surface area contributed by atoms with E-state index in [1.807, 2.05) is 0 Å². The molecule has 3 heterocycles. The number of carbonyl (C=O) groups excluding carboxylic acids is 6. The molecule has 0 radical (unpaired) electrons. The number of cyclic esters (lactones) is 3. The number of rotatable bonds is 9. The third-order valence-corrected chi connectivity index (χ3v) is 13.8. The monoisotopic (exact) mass is 783 g/mol. The van der Waals surface area contributed by atoms with Gasteiger partial charge in [0.25, 0.3) is 0 Å². The molecule has 9 rings (SSSR count). The molecule has 0 N–H and O–H groups in total. The van der Waals surface area contributed by atoms with Crippen LogP contribution in [0, 0.1) is 76.9 Å². The van der Waals surface area contributed by atoms with Gasteiger partial charge in [-0.05, 0) is 93.8 Å². The lowest BCUT2D eigenvalue weighted by molar-refractivity contribution is -0.198. The van der Waals surface area contributed by atoms with E-state index in [2.05, 4.69) is 6.92 Å². The second-order valence-electron chi connectivity index (χ2n) is 16.3. The first kappa shape index (κ1) is 52.2. The van der Waals surface area contributed by atoms with Crippen LogP contribution in [0.3, 0.4) is 0 Å². The molecule has 13 atom stereocenters. The molecule has 0 aromatic carbocycles. The Kier molecular flexibility index (Phi) is 18.6. The normalized spacial score (nSPS) is 39.2. The molecule has 6 bridgehead atoms. The lowest BCUT2D eigenvalue weighted by Crippen LogP contribution is -2.57. The number of fused-ring (bicyclic) bond motifs is 5. The number of ketones is 1. The number of Topliss-reactive ketones (excluding diaryl/α,β-unsaturated/α-hetero) is 1. The fraction of sp³-hybridized carbons (Fsp3) is 0.864. The topological polar surface area (TPSA) is 149 Å². The van der Waals surface area contributed by atoms with Crippen molar-refractivity contribution in [1.82, 2.24) is 0 Å². The van der Waals surface area contributed by atoms with Crippen molar-refractivity contribution in [3.05, 3.63) is 0 Å². The molecule has 6 saturated carbocycles. The minimum Gasteiger partial charge on any atom is -0.465 e. The van der Waals surface area contributed by atoms with Gasteiger partial charge in [-0.15, -0.1) is 0 Å². The Bertz CT molecular complexity index is 1350. The van der Waals surface area contributed by atoms with E-state index in [0.29, 0.717) is 51.2 Å². The van der Waals surface area contributed by atoms with Crippen LogP contribution in [-0.4, -0.2) is 60.7 Å². The van der Waals surface area contributed by atoms with Gasteiger partial charge in [0, 0.05) is 24.2 Å². The van der Waals surface area contributed by atoms with Gasteiger partial charge in [0.1, 0.15) is 11.4 Å². The number of carbonyl (C=O) groups is 6. The molecule has 11 nitrogen and oxygen atoms in total. The first-order valence-electron chi connectivity index (χ1n) is 18.0. The van der Waals surface area contributed by atoms with Gasteiger partial charge in [0.2, 0.25) is 6.29 Å². The maximum Gasteiger partial charge on any atom is 0.318 e. The first-order valence-corrected chi connectivity index (χ1v) is 18.0. The Morgan fingerprint density at radius 3 is 2.02 bits per heavy atom. The third kappa shape index (κ3) is 8.86. The van der Waals surface area contributed by atoms with Crippen molar-refractivity contribution >= 4 is 35.6 Å². The van der Waals surface area contributed by atoms with Crippen LogP contribution in [0.5, 0.6) is 0 Å². The van der Waals surface area contributed by atoms with Gasteiger partial charge in [0.15, 0.2) is 0 Å². The molecule has 9 fully saturated rings. The Labute approximate surface area is 333 Å². The number of esters is 5. The van der Waals surface area contributed by atoms with Crippen molar-refractivity contribution in [2.45, 2.75) is 156 Å². The summed E-state index contributed by atoms with van der Waals surface area (Å²) in [6.07, 6.45) is 6.29. The summed E-state index contributed by atoms with van der Waals surface area (Å²) in [6.45, 7) is 4.62. The van der Waals surface area contributed by atoms with E-state index in [4.69, 9.17) is 23.7 Å². The van der Waals surface area contributed by atoms with Crippen LogP contribution in [0.25, 0.3) is 0 Å². The lowest BCUT2D eigenvalue weighted by Gasteiger charge is -2.54. The smallest absolute Gasteiger partial charge is 0.318 e. The molecular weight excluding hydrogens is 704 g/mol. The molecule has 0 amide bonds. The maximum atomic E-state index is 14.4. The van der Waals surface area contributed by atoms with Crippen LogP contribution in [0.2, 0.25) is 0 Å². The summed E-state index contributed by atoms with van der Waals surface area (Å²) in [4.78, 5) is 79.7. The molecule has 11 heteroatoms. The standard InChI is InChI=1S/C36H46O11.8CH4/c1-16-22(24-11-23(16)29-26(24)15-44-34(29)41)9-19(32(39)45-27-5-3-4-6-43-27)10-25(28-17(2)31(38)46-35(28)42)33(40)47-36-12-18-7-20(13-36)30(37)21(8-18)14-36;;;;;;;;/h16-29H,3-15H2,1-2H3;8*1H4. The Morgan fingerprint density at radius 2 is 1.44 bits per heavy atom. The Hall–Kier alpha value is -2.82. The Morgan fingerprint density at radius 1 is 0.782 bits per heavy atom. The number of ether oxygens (including phenoxy) is 5. The number of hydrogen-bond donors (Lipinski definition) is 0. The highest BCUT2D eigenvalue weighted by atomic mass is 16.7. The van der Waals surface area contributed by atoms with Gasteiger partial charge in [-0.3, -0.25) is 28.8 Å². The summed E-state index contributed by atoms with van der Waals surface area (Å²) in [5.41, 5.74) is -0.773. The average molecular weight is 783 g/mol. The van der Waals surface area contributed by atoms with Crippen LogP contribution >= 0.6 is 0 Å². The quantitative estimate of drug-likeness (QED) is 0.125. The highest BCUT2D eigenvalue weighted by Crippen LogP contribution is 2.62. The third-order valence-electron chi connectivity index (χ3n) is 13.8. The van der Waals surface area contributed by atoms with Crippen LogP contribution in [0.4, 0.5) is 0 Å². The molecule has 3 saturated heterocycles. The molecule has 3 aliphatic heterocycles. The second kappa shape index (κ2) is 19.6. The van der Waals surface area contributed by atoms with Crippen LogP contribution in [-0.2, 0) is 52.5 Å². The predicted octanol–water partition coefficient (Wildman–Crippen LogP) is 8.88.